The lowest BCUT2D eigenvalue weighted by atomic mass is 9.47. The summed E-state index contributed by atoms with van der Waals surface area (Å²) in [5, 5.41) is 11.3. The van der Waals surface area contributed by atoms with Gasteiger partial charge in [0.25, 0.3) is 0 Å². The van der Waals surface area contributed by atoms with E-state index in [4.69, 9.17) is 0 Å². The molecular weight excluding hydrogens is 340 g/mol. The molecule has 3 saturated carbocycles. The maximum atomic E-state index is 11.3. The molecule has 0 radical (unpaired) electrons. The van der Waals surface area contributed by atoms with Crippen molar-refractivity contribution in [2.24, 2.45) is 46.3 Å². The van der Waals surface area contributed by atoms with Gasteiger partial charge in [-0.3, -0.25) is 0 Å². The zero-order valence-corrected chi connectivity index (χ0v) is 19.3. The van der Waals surface area contributed by atoms with Crippen LogP contribution in [0, 0.1) is 46.3 Å². The van der Waals surface area contributed by atoms with Crippen LogP contribution in [0.5, 0.6) is 0 Å². The minimum atomic E-state index is -0.0579. The summed E-state index contributed by atoms with van der Waals surface area (Å²) in [7, 11) is 0. The Morgan fingerprint density at radius 3 is 2.64 bits per heavy atom. The zero-order chi connectivity index (χ0) is 20.1. The molecule has 1 heteroatoms. The summed E-state index contributed by atoms with van der Waals surface area (Å²) < 4.78 is 0. The Labute approximate surface area is 174 Å². The van der Waals surface area contributed by atoms with Crippen molar-refractivity contribution in [1.29, 1.82) is 0 Å². The van der Waals surface area contributed by atoms with Crippen LogP contribution in [0.1, 0.15) is 105 Å². The molecule has 4 rings (SSSR count). The summed E-state index contributed by atoms with van der Waals surface area (Å²) >= 11 is 0. The molecule has 8 atom stereocenters. The van der Waals surface area contributed by atoms with Crippen molar-refractivity contribution in [3.63, 3.8) is 0 Å². The summed E-state index contributed by atoms with van der Waals surface area (Å²) in [6.07, 6.45) is 17.3. The second kappa shape index (κ2) is 7.75. The molecule has 0 aliphatic heterocycles. The fourth-order valence-corrected chi connectivity index (χ4v) is 8.74. The predicted molar refractivity (Wildman–Crippen MR) is 119 cm³/mol. The van der Waals surface area contributed by atoms with E-state index in [2.05, 4.69) is 40.7 Å². The maximum absolute atomic E-state index is 11.3. The van der Waals surface area contributed by atoms with Crippen LogP contribution in [0.25, 0.3) is 0 Å². The van der Waals surface area contributed by atoms with Crippen molar-refractivity contribution in [2.75, 3.05) is 0 Å². The van der Waals surface area contributed by atoms with E-state index in [-0.39, 0.29) is 6.10 Å². The van der Waals surface area contributed by atoms with Crippen molar-refractivity contribution in [1.82, 2.24) is 0 Å². The Bertz CT molecular complexity index is 591. The van der Waals surface area contributed by atoms with Gasteiger partial charge >= 0.3 is 0 Å². The van der Waals surface area contributed by atoms with Gasteiger partial charge in [0, 0.05) is 0 Å². The molecule has 4 aliphatic rings. The second-order valence-electron chi connectivity index (χ2n) is 12.1. The van der Waals surface area contributed by atoms with E-state index in [1.807, 2.05) is 0 Å². The van der Waals surface area contributed by atoms with Crippen molar-refractivity contribution in [3.05, 3.63) is 11.6 Å². The minimum absolute atomic E-state index is 0.0579. The van der Waals surface area contributed by atoms with Crippen molar-refractivity contribution >= 4 is 0 Å². The quantitative estimate of drug-likeness (QED) is 0.488. The van der Waals surface area contributed by atoms with E-state index < -0.39 is 0 Å². The van der Waals surface area contributed by atoms with E-state index in [0.29, 0.717) is 16.7 Å². The summed E-state index contributed by atoms with van der Waals surface area (Å²) in [5.74, 6) is 4.41. The first-order valence-electron chi connectivity index (χ1n) is 12.6. The number of rotatable bonds is 5. The van der Waals surface area contributed by atoms with Crippen LogP contribution in [0.2, 0.25) is 0 Å². The van der Waals surface area contributed by atoms with E-state index in [1.54, 1.807) is 5.57 Å². The molecule has 3 fully saturated rings. The molecule has 0 amide bonds. The predicted octanol–water partition coefficient (Wildman–Crippen LogP) is 7.39. The number of hydrogen-bond donors (Lipinski definition) is 1. The Kier molecular flexibility index (Phi) is 5.80. The Hall–Kier alpha value is -0.300. The highest BCUT2D eigenvalue weighted by atomic mass is 16.3. The Balaban J connectivity index is 1.54. The molecule has 1 unspecified atom stereocenters. The highest BCUT2D eigenvalue weighted by Crippen LogP contribution is 2.67. The first-order chi connectivity index (χ1) is 13.3. The van der Waals surface area contributed by atoms with Crippen molar-refractivity contribution < 1.29 is 5.11 Å². The third kappa shape index (κ3) is 3.32. The van der Waals surface area contributed by atoms with Gasteiger partial charge in [0.2, 0.25) is 0 Å². The van der Waals surface area contributed by atoms with Gasteiger partial charge < -0.3 is 5.11 Å². The SMILES string of the molecule is CC(C)CCCC(C)[C@H]1C[C@@H](O)[C@H]2[C@@H]3CC=C4CCCC[C@]4(C)[C@H]3CC[C@@]21C. The highest BCUT2D eigenvalue weighted by molar-refractivity contribution is 5.25. The average molecular weight is 387 g/mol. The molecule has 0 bridgehead atoms. The van der Waals surface area contributed by atoms with Gasteiger partial charge in [0.15, 0.2) is 0 Å². The Morgan fingerprint density at radius 2 is 1.89 bits per heavy atom. The number of aliphatic hydroxyl groups excluding tert-OH is 1. The van der Waals surface area contributed by atoms with Crippen LogP contribution in [0.15, 0.2) is 11.6 Å². The fraction of sp³-hybridized carbons (Fsp3) is 0.926. The number of allylic oxidation sites excluding steroid dienone is 2. The van der Waals surface area contributed by atoms with Gasteiger partial charge in [-0.1, -0.05) is 72.0 Å². The lowest BCUT2D eigenvalue weighted by Crippen LogP contribution is -2.51. The molecule has 0 heterocycles. The third-order valence-corrected chi connectivity index (χ3v) is 10.2. The summed E-state index contributed by atoms with van der Waals surface area (Å²) in [6, 6.07) is 0. The molecule has 0 spiro atoms. The summed E-state index contributed by atoms with van der Waals surface area (Å²) in [4.78, 5) is 0. The van der Waals surface area contributed by atoms with Crippen LogP contribution in [-0.2, 0) is 0 Å². The van der Waals surface area contributed by atoms with E-state index in [9.17, 15) is 5.11 Å². The summed E-state index contributed by atoms with van der Waals surface area (Å²) in [6.45, 7) is 12.4. The van der Waals surface area contributed by atoms with Gasteiger partial charge in [0.05, 0.1) is 6.10 Å². The van der Waals surface area contributed by atoms with E-state index >= 15 is 0 Å². The largest absolute Gasteiger partial charge is 0.393 e. The van der Waals surface area contributed by atoms with Crippen LogP contribution in [-0.4, -0.2) is 11.2 Å². The zero-order valence-electron chi connectivity index (χ0n) is 19.3. The molecule has 0 aromatic rings. The molecule has 4 aliphatic carbocycles. The monoisotopic (exact) mass is 386 g/mol. The maximum Gasteiger partial charge on any atom is 0.0579 e. The first-order valence-corrected chi connectivity index (χ1v) is 12.6. The van der Waals surface area contributed by atoms with Crippen molar-refractivity contribution in [2.45, 2.75) is 111 Å². The molecular formula is C27H46O. The van der Waals surface area contributed by atoms with E-state index in [1.165, 1.54) is 64.2 Å². The highest BCUT2D eigenvalue weighted by Gasteiger charge is 2.61. The average Bonchev–Trinajstić information content (AvgIpc) is 2.92. The molecule has 160 valence electrons. The van der Waals surface area contributed by atoms with Gasteiger partial charge in [-0.25, -0.2) is 0 Å². The summed E-state index contributed by atoms with van der Waals surface area (Å²) in [5.41, 5.74) is 2.60. The van der Waals surface area contributed by atoms with Gasteiger partial charge in [-0.2, -0.15) is 0 Å². The van der Waals surface area contributed by atoms with Gasteiger partial charge in [-0.15, -0.1) is 0 Å². The smallest absolute Gasteiger partial charge is 0.0579 e. The van der Waals surface area contributed by atoms with Gasteiger partial charge in [-0.05, 0) is 91.3 Å². The minimum Gasteiger partial charge on any atom is -0.393 e. The molecule has 1 nitrogen and oxygen atoms in total. The van der Waals surface area contributed by atoms with Crippen LogP contribution < -0.4 is 0 Å². The fourth-order valence-electron chi connectivity index (χ4n) is 8.74. The van der Waals surface area contributed by atoms with Crippen molar-refractivity contribution in [3.8, 4) is 0 Å². The lowest BCUT2D eigenvalue weighted by molar-refractivity contribution is -0.0766. The lowest BCUT2D eigenvalue weighted by Gasteiger charge is -2.58. The number of hydrogen-bond acceptors (Lipinski definition) is 1. The Morgan fingerprint density at radius 1 is 1.11 bits per heavy atom. The standard InChI is InChI=1S/C27H46O/c1-18(2)9-8-10-19(3)23-17-24(28)25-21-13-12-20-11-6-7-15-26(20,4)22(21)14-16-27(23,25)5/h12,18-19,21-25,28H,6-11,13-17H2,1-5H3/t19?,21-,22+,23-,24-,25-,26+,27-/m1/s1. The van der Waals surface area contributed by atoms with Crippen LogP contribution in [0.4, 0.5) is 0 Å². The second-order valence-corrected chi connectivity index (χ2v) is 12.1. The van der Waals surface area contributed by atoms with Crippen LogP contribution in [0.3, 0.4) is 0 Å². The molecule has 28 heavy (non-hydrogen) atoms. The number of aliphatic hydroxyl groups is 1. The normalized spacial score (nSPS) is 46.5. The van der Waals surface area contributed by atoms with Crippen LogP contribution >= 0.6 is 0 Å². The molecule has 1 N–H and O–H groups in total. The molecule has 0 aromatic carbocycles. The topological polar surface area (TPSA) is 20.2 Å². The van der Waals surface area contributed by atoms with E-state index in [0.717, 1.165) is 36.0 Å². The van der Waals surface area contributed by atoms with Gasteiger partial charge in [0.1, 0.15) is 0 Å². The first kappa shape index (κ1) is 21.0. The third-order valence-electron chi connectivity index (χ3n) is 10.2. The number of fused-ring (bicyclic) bond motifs is 5. The molecule has 0 saturated heterocycles. The molecule has 0 aromatic heterocycles.